The zero-order chi connectivity index (χ0) is 20.7. The van der Waals surface area contributed by atoms with Gasteiger partial charge in [0.05, 0.1) is 6.04 Å². The monoisotopic (exact) mass is 401 g/mol. The molecule has 5 nitrogen and oxygen atoms in total. The Balaban J connectivity index is 1.50. The maximum Gasteiger partial charge on any atom is 0.255 e. The van der Waals surface area contributed by atoms with Gasteiger partial charge in [-0.1, -0.05) is 55.7 Å². The van der Waals surface area contributed by atoms with Crippen molar-refractivity contribution in [3.05, 3.63) is 71.4 Å². The van der Waals surface area contributed by atoms with Gasteiger partial charge in [0.25, 0.3) is 5.91 Å². The number of rotatable bonds is 4. The largest absolute Gasteiger partial charge is 0.352 e. The third-order valence-electron chi connectivity index (χ3n) is 6.56. The van der Waals surface area contributed by atoms with Gasteiger partial charge in [0, 0.05) is 41.3 Å². The second-order valence-electron chi connectivity index (χ2n) is 8.54. The van der Waals surface area contributed by atoms with Gasteiger partial charge in [0.15, 0.2) is 0 Å². The number of fused-ring (bicyclic) bond motifs is 2. The molecule has 1 N–H and O–H groups in total. The van der Waals surface area contributed by atoms with Gasteiger partial charge in [-0.3, -0.25) is 9.59 Å². The van der Waals surface area contributed by atoms with Gasteiger partial charge in [-0.15, -0.1) is 0 Å². The fraction of sp³-hybridized carbons (Fsp3) is 0.360. The van der Waals surface area contributed by atoms with Gasteiger partial charge in [-0.25, -0.2) is 0 Å². The molecule has 1 aliphatic heterocycles. The number of aromatic nitrogens is 1. The van der Waals surface area contributed by atoms with Crippen LogP contribution in [0.15, 0.2) is 54.7 Å². The van der Waals surface area contributed by atoms with E-state index in [1.807, 2.05) is 43.4 Å². The maximum atomic E-state index is 13.3. The second-order valence-corrected chi connectivity index (χ2v) is 8.54. The summed E-state index contributed by atoms with van der Waals surface area (Å²) in [7, 11) is 2.02. The Morgan fingerprint density at radius 3 is 2.57 bits per heavy atom. The van der Waals surface area contributed by atoms with E-state index in [0.717, 1.165) is 47.7 Å². The molecule has 5 rings (SSSR count). The zero-order valence-electron chi connectivity index (χ0n) is 17.3. The first-order valence-electron chi connectivity index (χ1n) is 10.9. The lowest BCUT2D eigenvalue weighted by atomic mass is 9.95. The molecule has 1 aromatic heterocycles. The predicted octanol–water partition coefficient (Wildman–Crippen LogP) is 4.17. The summed E-state index contributed by atoms with van der Waals surface area (Å²) in [6.07, 6.45) is 7.74. The van der Waals surface area contributed by atoms with Gasteiger partial charge in [0.2, 0.25) is 5.91 Å². The molecule has 3 aromatic rings. The Bertz CT molecular complexity index is 1110. The van der Waals surface area contributed by atoms with Crippen molar-refractivity contribution in [3.63, 3.8) is 0 Å². The van der Waals surface area contributed by atoms with Crippen LogP contribution in [0.25, 0.3) is 10.9 Å². The van der Waals surface area contributed by atoms with Crippen LogP contribution in [-0.2, 0) is 11.8 Å². The molecule has 154 valence electrons. The number of amides is 2. The molecule has 0 bridgehead atoms. The molecule has 1 aliphatic carbocycles. The van der Waals surface area contributed by atoms with Crippen molar-refractivity contribution in [3.8, 4) is 0 Å². The number of benzene rings is 2. The van der Waals surface area contributed by atoms with Crippen molar-refractivity contribution in [1.82, 2.24) is 14.8 Å². The highest BCUT2D eigenvalue weighted by Gasteiger charge is 2.39. The Morgan fingerprint density at radius 2 is 1.73 bits per heavy atom. The average molecular weight is 402 g/mol. The highest BCUT2D eigenvalue weighted by Crippen LogP contribution is 2.41. The van der Waals surface area contributed by atoms with E-state index in [2.05, 4.69) is 28.2 Å². The van der Waals surface area contributed by atoms with Gasteiger partial charge >= 0.3 is 0 Å². The normalized spacial score (nSPS) is 19.3. The summed E-state index contributed by atoms with van der Waals surface area (Å²) in [5, 5.41) is 4.29. The van der Waals surface area contributed by atoms with E-state index in [4.69, 9.17) is 0 Å². The lowest BCUT2D eigenvalue weighted by Gasteiger charge is -2.27. The van der Waals surface area contributed by atoms with Crippen molar-refractivity contribution in [2.45, 2.75) is 44.2 Å². The van der Waals surface area contributed by atoms with Gasteiger partial charge in [-0.2, -0.15) is 0 Å². The van der Waals surface area contributed by atoms with E-state index in [1.165, 1.54) is 6.42 Å². The number of hydrogen-bond donors (Lipinski definition) is 1. The number of nitrogens with one attached hydrogen (secondary N) is 1. The molecule has 1 fully saturated rings. The van der Waals surface area contributed by atoms with E-state index < -0.39 is 0 Å². The topological polar surface area (TPSA) is 54.3 Å². The molecule has 2 aromatic carbocycles. The maximum absolute atomic E-state index is 13.3. The Hall–Kier alpha value is -3.08. The predicted molar refractivity (Wildman–Crippen MR) is 117 cm³/mol. The first-order valence-corrected chi connectivity index (χ1v) is 10.9. The van der Waals surface area contributed by atoms with Crippen LogP contribution in [0.2, 0.25) is 0 Å². The molecular formula is C25H27N3O2. The second kappa shape index (κ2) is 7.63. The molecule has 2 aliphatic rings. The summed E-state index contributed by atoms with van der Waals surface area (Å²) < 4.78 is 2.09. The molecule has 5 heteroatoms. The van der Waals surface area contributed by atoms with Crippen molar-refractivity contribution >= 4 is 22.7 Å². The van der Waals surface area contributed by atoms with Crippen LogP contribution in [0, 0.1) is 0 Å². The van der Waals surface area contributed by atoms with Crippen LogP contribution in [0.5, 0.6) is 0 Å². The minimum absolute atomic E-state index is 0.0618. The minimum Gasteiger partial charge on any atom is -0.352 e. The first-order chi connectivity index (χ1) is 14.6. The number of carbonyl (C=O) groups excluding carboxylic acids is 2. The highest BCUT2D eigenvalue weighted by molar-refractivity contribution is 6.02. The molecule has 2 amide bonds. The molecule has 0 spiro atoms. The summed E-state index contributed by atoms with van der Waals surface area (Å²) in [6.45, 7) is 0.0813. The SMILES string of the molecule is Cn1cc([C@@H]2c3ccccc3C(=O)N2CC(=O)NC2CCCCC2)c2ccccc21. The van der Waals surface area contributed by atoms with Gasteiger partial charge < -0.3 is 14.8 Å². The van der Waals surface area contributed by atoms with E-state index >= 15 is 0 Å². The van der Waals surface area contributed by atoms with Crippen LogP contribution in [0.1, 0.15) is 59.6 Å². The van der Waals surface area contributed by atoms with Crippen LogP contribution < -0.4 is 5.32 Å². The van der Waals surface area contributed by atoms with Gasteiger partial charge in [0.1, 0.15) is 6.54 Å². The Morgan fingerprint density at radius 1 is 1.00 bits per heavy atom. The third kappa shape index (κ3) is 3.18. The highest BCUT2D eigenvalue weighted by atomic mass is 16.2. The molecule has 1 saturated carbocycles. The first kappa shape index (κ1) is 18.9. The number of carbonyl (C=O) groups is 2. The average Bonchev–Trinajstić information content (AvgIpc) is 3.23. The zero-order valence-corrected chi connectivity index (χ0v) is 17.3. The summed E-state index contributed by atoms with van der Waals surface area (Å²) in [6, 6.07) is 16.0. The summed E-state index contributed by atoms with van der Waals surface area (Å²) in [5.74, 6) is -0.129. The van der Waals surface area contributed by atoms with Crippen LogP contribution >= 0.6 is 0 Å². The van der Waals surface area contributed by atoms with E-state index in [9.17, 15) is 9.59 Å². The fourth-order valence-corrected chi connectivity index (χ4v) is 5.13. The lowest BCUT2D eigenvalue weighted by Crippen LogP contribution is -2.44. The quantitative estimate of drug-likeness (QED) is 0.713. The van der Waals surface area contributed by atoms with Gasteiger partial charge in [-0.05, 0) is 30.5 Å². The number of hydrogen-bond acceptors (Lipinski definition) is 2. The van der Waals surface area contributed by atoms with Crippen molar-refractivity contribution < 1.29 is 9.59 Å². The molecular weight excluding hydrogens is 374 g/mol. The smallest absolute Gasteiger partial charge is 0.255 e. The Kier molecular flexibility index (Phi) is 4.81. The standard InChI is InChI=1S/C25H27N3O2/c1-27-15-21(18-11-7-8-14-22(18)27)24-19-12-5-6-13-20(19)25(30)28(24)16-23(29)26-17-9-3-2-4-10-17/h5-8,11-15,17,24H,2-4,9-10,16H2,1H3,(H,26,29)/t24-/m0/s1. The molecule has 0 unspecified atom stereocenters. The number of aryl methyl sites for hydroxylation is 1. The molecule has 30 heavy (non-hydrogen) atoms. The van der Waals surface area contributed by atoms with Crippen LogP contribution in [0.3, 0.4) is 0 Å². The summed E-state index contributed by atoms with van der Waals surface area (Å²) in [5.41, 5.74) is 3.86. The number of nitrogens with zero attached hydrogens (tertiary/aromatic N) is 2. The van der Waals surface area contributed by atoms with E-state index in [-0.39, 0.29) is 30.4 Å². The number of para-hydroxylation sites is 1. The molecule has 1 atom stereocenters. The van der Waals surface area contributed by atoms with Crippen molar-refractivity contribution in [2.75, 3.05) is 6.54 Å². The third-order valence-corrected chi connectivity index (χ3v) is 6.56. The minimum atomic E-state index is -0.253. The molecule has 2 heterocycles. The fourth-order valence-electron chi connectivity index (χ4n) is 5.13. The lowest BCUT2D eigenvalue weighted by molar-refractivity contribution is -0.122. The van der Waals surface area contributed by atoms with E-state index in [0.29, 0.717) is 5.56 Å². The van der Waals surface area contributed by atoms with Crippen LogP contribution in [0.4, 0.5) is 0 Å². The van der Waals surface area contributed by atoms with Crippen molar-refractivity contribution in [1.29, 1.82) is 0 Å². The molecule has 0 saturated heterocycles. The molecule has 0 radical (unpaired) electrons. The van der Waals surface area contributed by atoms with Crippen LogP contribution in [-0.4, -0.2) is 33.9 Å². The Labute approximate surface area is 176 Å². The van der Waals surface area contributed by atoms with Crippen molar-refractivity contribution in [2.24, 2.45) is 7.05 Å². The summed E-state index contributed by atoms with van der Waals surface area (Å²) in [4.78, 5) is 27.9. The summed E-state index contributed by atoms with van der Waals surface area (Å²) >= 11 is 0. The van der Waals surface area contributed by atoms with E-state index in [1.54, 1.807) is 4.90 Å².